The maximum Gasteiger partial charge on any atom is 0.416 e. The van der Waals surface area contributed by atoms with Crippen LogP contribution in [0.15, 0.2) is 72.4 Å². The predicted octanol–water partition coefficient (Wildman–Crippen LogP) is 4.82. The number of carbonyl (C=O) groups excluding carboxylic acids is 3. The summed E-state index contributed by atoms with van der Waals surface area (Å²) in [5.74, 6) is -1.79. The minimum atomic E-state index is -4.53. The van der Waals surface area contributed by atoms with E-state index < -0.39 is 29.6 Å². The van der Waals surface area contributed by atoms with Gasteiger partial charge in [-0.3, -0.25) is 14.9 Å². The third kappa shape index (κ3) is 4.02. The van der Waals surface area contributed by atoms with Gasteiger partial charge in [0, 0.05) is 22.6 Å². The minimum Gasteiger partial charge on any atom is -0.317 e. The van der Waals surface area contributed by atoms with Crippen molar-refractivity contribution in [3.63, 3.8) is 0 Å². The summed E-state index contributed by atoms with van der Waals surface area (Å²) in [6, 6.07) is 12.6. The summed E-state index contributed by atoms with van der Waals surface area (Å²) in [4.78, 5) is 38.4. The van der Waals surface area contributed by atoms with Crippen LogP contribution in [-0.2, 0) is 15.8 Å². The highest BCUT2D eigenvalue weighted by molar-refractivity contribution is 6.39. The smallest absolute Gasteiger partial charge is 0.317 e. The third-order valence-corrected chi connectivity index (χ3v) is 4.96. The molecule has 32 heavy (non-hydrogen) atoms. The van der Waals surface area contributed by atoms with Crippen molar-refractivity contribution in [2.75, 3.05) is 4.90 Å². The largest absolute Gasteiger partial charge is 0.416 e. The summed E-state index contributed by atoms with van der Waals surface area (Å²) < 4.78 is 40.7. The number of imide groups is 2. The van der Waals surface area contributed by atoms with E-state index in [4.69, 9.17) is 11.6 Å². The fraction of sp³-hybridized carbons (Fsp3) is 0.0455. The van der Waals surface area contributed by atoms with E-state index in [2.05, 4.69) is 5.32 Å². The van der Waals surface area contributed by atoms with E-state index in [0.717, 1.165) is 17.0 Å². The number of aromatic nitrogens is 1. The third-order valence-electron chi connectivity index (χ3n) is 4.71. The van der Waals surface area contributed by atoms with Gasteiger partial charge in [-0.05, 0) is 60.7 Å². The van der Waals surface area contributed by atoms with E-state index in [-0.39, 0.29) is 22.6 Å². The summed E-state index contributed by atoms with van der Waals surface area (Å²) in [7, 11) is 0. The van der Waals surface area contributed by atoms with Crippen molar-refractivity contribution in [1.82, 2.24) is 9.88 Å². The lowest BCUT2D eigenvalue weighted by Crippen LogP contribution is -2.54. The summed E-state index contributed by atoms with van der Waals surface area (Å²) in [6.07, 6.45) is -1.82. The molecule has 1 aliphatic heterocycles. The van der Waals surface area contributed by atoms with Crippen molar-refractivity contribution >= 4 is 41.2 Å². The van der Waals surface area contributed by atoms with Crippen molar-refractivity contribution in [1.29, 1.82) is 0 Å². The molecule has 6 nitrogen and oxygen atoms in total. The lowest BCUT2D eigenvalue weighted by atomic mass is 10.1. The number of carbonyl (C=O) groups is 3. The molecule has 0 unspecified atom stereocenters. The number of barbiturate groups is 1. The van der Waals surface area contributed by atoms with Crippen molar-refractivity contribution in [2.24, 2.45) is 0 Å². The SMILES string of the molecule is O=C1NC(=O)N(c2ccc(Cl)cc2)C(=O)C1=Cc1cccn1-c1cccc(C(F)(F)F)c1. The van der Waals surface area contributed by atoms with E-state index in [0.29, 0.717) is 5.02 Å². The summed E-state index contributed by atoms with van der Waals surface area (Å²) in [5, 5.41) is 2.48. The Morgan fingerprint density at radius 3 is 2.31 bits per heavy atom. The molecule has 0 saturated carbocycles. The van der Waals surface area contributed by atoms with Crippen molar-refractivity contribution < 1.29 is 27.6 Å². The van der Waals surface area contributed by atoms with Gasteiger partial charge in [0.05, 0.1) is 11.3 Å². The zero-order valence-electron chi connectivity index (χ0n) is 16.1. The summed E-state index contributed by atoms with van der Waals surface area (Å²) >= 11 is 5.84. The van der Waals surface area contributed by atoms with Crippen molar-refractivity contribution in [3.05, 3.63) is 88.7 Å². The highest BCUT2D eigenvalue weighted by Crippen LogP contribution is 2.31. The highest BCUT2D eigenvalue weighted by atomic mass is 35.5. The Morgan fingerprint density at radius 1 is 0.906 bits per heavy atom. The first kappa shape index (κ1) is 21.4. The Morgan fingerprint density at radius 2 is 1.62 bits per heavy atom. The molecule has 0 spiro atoms. The van der Waals surface area contributed by atoms with Gasteiger partial charge in [-0.1, -0.05) is 17.7 Å². The number of anilines is 1. The maximum absolute atomic E-state index is 13.1. The number of rotatable bonds is 3. The maximum atomic E-state index is 13.1. The number of hydrogen-bond donors (Lipinski definition) is 1. The first-order chi connectivity index (χ1) is 15.1. The normalized spacial score (nSPS) is 15.9. The van der Waals surface area contributed by atoms with Crippen LogP contribution < -0.4 is 10.2 Å². The molecule has 4 amide bonds. The van der Waals surface area contributed by atoms with Gasteiger partial charge < -0.3 is 4.57 Å². The lowest BCUT2D eigenvalue weighted by molar-refractivity contribution is -0.137. The molecule has 2 aromatic carbocycles. The molecule has 4 rings (SSSR count). The zero-order valence-corrected chi connectivity index (χ0v) is 16.8. The second-order valence-electron chi connectivity index (χ2n) is 6.79. The number of amides is 4. The number of hydrogen-bond acceptors (Lipinski definition) is 3. The fourth-order valence-corrected chi connectivity index (χ4v) is 3.33. The first-order valence-electron chi connectivity index (χ1n) is 9.17. The number of halogens is 4. The van der Waals surface area contributed by atoms with Crippen LogP contribution in [-0.4, -0.2) is 22.4 Å². The molecule has 1 aromatic heterocycles. The van der Waals surface area contributed by atoms with Gasteiger partial charge in [0.1, 0.15) is 5.57 Å². The van der Waals surface area contributed by atoms with Crippen LogP contribution in [0.3, 0.4) is 0 Å². The molecule has 0 radical (unpaired) electrons. The van der Waals surface area contributed by atoms with Crippen LogP contribution >= 0.6 is 11.6 Å². The molecular formula is C22H13ClF3N3O3. The standard InChI is InChI=1S/C22H13ClF3N3O3/c23-14-6-8-15(9-7-14)29-20(31)18(19(30)27-21(29)32)12-17-5-2-10-28(17)16-4-1-3-13(11-16)22(24,25)26/h1-12H,(H,27,30,32). The van der Waals surface area contributed by atoms with Gasteiger partial charge in [-0.2, -0.15) is 13.2 Å². The molecular weight excluding hydrogens is 447 g/mol. The molecule has 1 aliphatic rings. The van der Waals surface area contributed by atoms with Gasteiger partial charge >= 0.3 is 12.2 Å². The quantitative estimate of drug-likeness (QED) is 0.451. The molecule has 1 N–H and O–H groups in total. The zero-order chi connectivity index (χ0) is 23.0. The van der Waals surface area contributed by atoms with E-state index >= 15 is 0 Å². The van der Waals surface area contributed by atoms with E-state index in [1.54, 1.807) is 6.07 Å². The molecule has 0 aliphatic carbocycles. The first-order valence-corrected chi connectivity index (χ1v) is 9.55. The number of nitrogens with one attached hydrogen (secondary N) is 1. The van der Waals surface area contributed by atoms with Crippen molar-refractivity contribution in [3.8, 4) is 5.69 Å². The van der Waals surface area contributed by atoms with E-state index in [1.807, 2.05) is 0 Å². The summed E-state index contributed by atoms with van der Waals surface area (Å²) in [6.45, 7) is 0. The molecule has 0 bridgehead atoms. The number of alkyl halides is 3. The molecule has 1 fully saturated rings. The molecule has 0 atom stereocenters. The number of nitrogens with zero attached hydrogens (tertiary/aromatic N) is 2. The highest BCUT2D eigenvalue weighted by Gasteiger charge is 2.37. The van der Waals surface area contributed by atoms with Gasteiger partial charge in [-0.15, -0.1) is 0 Å². The molecule has 162 valence electrons. The number of urea groups is 1. The lowest BCUT2D eigenvalue weighted by Gasteiger charge is -2.26. The molecule has 3 aromatic rings. The van der Waals surface area contributed by atoms with Crippen LogP contribution in [0.2, 0.25) is 5.02 Å². The summed E-state index contributed by atoms with van der Waals surface area (Å²) in [5.41, 5.74) is -0.539. The van der Waals surface area contributed by atoms with Crippen LogP contribution in [0, 0.1) is 0 Å². The Labute approximate surface area is 184 Å². The Kier molecular flexibility index (Phi) is 5.35. The average molecular weight is 460 g/mol. The fourth-order valence-electron chi connectivity index (χ4n) is 3.21. The average Bonchev–Trinajstić information content (AvgIpc) is 3.20. The van der Waals surface area contributed by atoms with Gasteiger partial charge in [0.25, 0.3) is 11.8 Å². The Hall–Kier alpha value is -3.85. The number of benzene rings is 2. The van der Waals surface area contributed by atoms with Crippen LogP contribution in [0.25, 0.3) is 11.8 Å². The van der Waals surface area contributed by atoms with Gasteiger partial charge in [-0.25, -0.2) is 9.69 Å². The Bertz CT molecular complexity index is 1260. The topological polar surface area (TPSA) is 71.4 Å². The van der Waals surface area contributed by atoms with Crippen LogP contribution in [0.5, 0.6) is 0 Å². The van der Waals surface area contributed by atoms with Crippen LogP contribution in [0.1, 0.15) is 11.3 Å². The molecule has 2 heterocycles. The Balaban J connectivity index is 1.74. The van der Waals surface area contributed by atoms with Crippen LogP contribution in [0.4, 0.5) is 23.7 Å². The predicted molar refractivity (Wildman–Crippen MR) is 111 cm³/mol. The monoisotopic (exact) mass is 459 g/mol. The molecule has 10 heteroatoms. The minimum absolute atomic E-state index is 0.186. The second kappa shape index (κ2) is 8.01. The van der Waals surface area contributed by atoms with Gasteiger partial charge in [0.15, 0.2) is 0 Å². The second-order valence-corrected chi connectivity index (χ2v) is 7.22. The van der Waals surface area contributed by atoms with Gasteiger partial charge in [0.2, 0.25) is 0 Å². The van der Waals surface area contributed by atoms with Crippen molar-refractivity contribution in [2.45, 2.75) is 6.18 Å². The molecule has 1 saturated heterocycles. The van der Waals surface area contributed by atoms with E-state index in [1.165, 1.54) is 59.3 Å². The van der Waals surface area contributed by atoms with E-state index in [9.17, 15) is 27.6 Å².